The summed E-state index contributed by atoms with van der Waals surface area (Å²) < 4.78 is 15.4. The van der Waals surface area contributed by atoms with E-state index in [1.54, 1.807) is 0 Å². The Bertz CT molecular complexity index is 3530. The van der Waals surface area contributed by atoms with Crippen LogP contribution in [0.4, 0.5) is 0 Å². The second-order valence-corrected chi connectivity index (χ2v) is 14.4. The highest BCUT2D eigenvalue weighted by molar-refractivity contribution is 6.16. The molecule has 0 spiro atoms. The van der Waals surface area contributed by atoms with Crippen molar-refractivity contribution >= 4 is 65.7 Å². The Labute approximate surface area is 325 Å². The maximum Gasteiger partial charge on any atom is 0.166 e. The fourth-order valence-corrected chi connectivity index (χ4v) is 8.43. The summed E-state index contributed by atoms with van der Waals surface area (Å²) in [5.41, 5.74) is 11.2. The van der Waals surface area contributed by atoms with Crippen molar-refractivity contribution in [2.45, 2.75) is 0 Å². The van der Waals surface area contributed by atoms with Gasteiger partial charge in [0, 0.05) is 49.0 Å². The molecule has 0 unspecified atom stereocenters. The molecular formula is C51H30N4O2. The molecule has 57 heavy (non-hydrogen) atoms. The molecule has 8 aromatic carbocycles. The number of rotatable bonds is 5. The van der Waals surface area contributed by atoms with Crippen molar-refractivity contribution in [1.82, 2.24) is 19.5 Å². The molecule has 0 amide bonds. The zero-order valence-corrected chi connectivity index (χ0v) is 30.4. The lowest BCUT2D eigenvalue weighted by atomic mass is 10.0. The Morgan fingerprint density at radius 1 is 0.351 bits per heavy atom. The van der Waals surface area contributed by atoms with Gasteiger partial charge in [0.15, 0.2) is 23.1 Å². The van der Waals surface area contributed by atoms with Crippen LogP contribution in [0.5, 0.6) is 0 Å². The van der Waals surface area contributed by atoms with Crippen LogP contribution in [0.15, 0.2) is 191 Å². The monoisotopic (exact) mass is 730 g/mol. The Balaban J connectivity index is 1.11. The third-order valence-electron chi connectivity index (χ3n) is 11.1. The lowest BCUT2D eigenvalue weighted by Gasteiger charge is -2.13. The quantitative estimate of drug-likeness (QED) is 0.176. The smallest absolute Gasteiger partial charge is 0.166 e. The van der Waals surface area contributed by atoms with Gasteiger partial charge < -0.3 is 13.4 Å². The van der Waals surface area contributed by atoms with Crippen molar-refractivity contribution in [2.75, 3.05) is 0 Å². The first kappa shape index (κ1) is 31.5. The van der Waals surface area contributed by atoms with Crippen molar-refractivity contribution in [2.24, 2.45) is 0 Å². The lowest BCUT2D eigenvalue weighted by molar-refractivity contribution is 0.666. The number of hydrogen-bond acceptors (Lipinski definition) is 5. The number of nitrogens with zero attached hydrogens (tertiary/aromatic N) is 4. The number of furan rings is 2. The average Bonchev–Trinajstić information content (AvgIpc) is 3.96. The maximum absolute atomic E-state index is 6.78. The van der Waals surface area contributed by atoms with E-state index in [1.165, 1.54) is 5.56 Å². The Kier molecular flexibility index (Phi) is 6.83. The molecule has 0 atom stereocenters. The molecule has 0 aliphatic carbocycles. The van der Waals surface area contributed by atoms with Crippen LogP contribution < -0.4 is 0 Å². The Morgan fingerprint density at radius 3 is 1.84 bits per heavy atom. The van der Waals surface area contributed by atoms with Crippen LogP contribution in [0.2, 0.25) is 0 Å². The van der Waals surface area contributed by atoms with Crippen molar-refractivity contribution in [3.05, 3.63) is 182 Å². The molecule has 6 heteroatoms. The Hall–Kier alpha value is -7.83. The summed E-state index contributed by atoms with van der Waals surface area (Å²) >= 11 is 0. The number of benzene rings is 8. The molecule has 266 valence electrons. The van der Waals surface area contributed by atoms with E-state index in [2.05, 4.69) is 126 Å². The topological polar surface area (TPSA) is 69.9 Å². The molecule has 0 N–H and O–H groups in total. The zero-order valence-electron chi connectivity index (χ0n) is 30.4. The predicted molar refractivity (Wildman–Crippen MR) is 230 cm³/mol. The zero-order chi connectivity index (χ0) is 37.5. The highest BCUT2D eigenvalue weighted by Gasteiger charge is 2.23. The summed E-state index contributed by atoms with van der Waals surface area (Å²) in [4.78, 5) is 15.5. The van der Waals surface area contributed by atoms with E-state index in [1.807, 2.05) is 60.7 Å². The maximum atomic E-state index is 6.78. The first-order valence-corrected chi connectivity index (χ1v) is 19.0. The van der Waals surface area contributed by atoms with E-state index in [4.69, 9.17) is 23.8 Å². The number of para-hydroxylation sites is 4. The van der Waals surface area contributed by atoms with Gasteiger partial charge in [-0.05, 0) is 59.7 Å². The molecule has 0 saturated carbocycles. The largest absolute Gasteiger partial charge is 0.456 e. The van der Waals surface area contributed by atoms with E-state index < -0.39 is 0 Å². The minimum absolute atomic E-state index is 0.564. The van der Waals surface area contributed by atoms with Crippen LogP contribution in [0, 0.1) is 0 Å². The molecule has 12 rings (SSSR count). The summed E-state index contributed by atoms with van der Waals surface area (Å²) in [7, 11) is 0. The summed E-state index contributed by atoms with van der Waals surface area (Å²) in [5.74, 6) is 1.73. The Morgan fingerprint density at radius 2 is 0.982 bits per heavy atom. The molecule has 4 aromatic heterocycles. The van der Waals surface area contributed by atoms with E-state index >= 15 is 0 Å². The van der Waals surface area contributed by atoms with Gasteiger partial charge in [0.25, 0.3) is 0 Å². The SMILES string of the molecule is c1ccc(-c2ccc3oc4c(-n5c6ccccc6c6cccc(-c7nc(-c8ccccc8)nc(-c8ccc9c(c8)oc8ccccc89)n7)c65)cccc4c3c2)cc1. The number of hydrogen-bond donors (Lipinski definition) is 0. The van der Waals surface area contributed by atoms with Crippen LogP contribution >= 0.6 is 0 Å². The molecule has 0 saturated heterocycles. The predicted octanol–water partition coefficient (Wildman–Crippen LogP) is 13.4. The summed E-state index contributed by atoms with van der Waals surface area (Å²) in [6.07, 6.45) is 0. The van der Waals surface area contributed by atoms with Crippen LogP contribution in [0.25, 0.3) is 117 Å². The molecular weight excluding hydrogens is 701 g/mol. The van der Waals surface area contributed by atoms with Crippen LogP contribution in [-0.4, -0.2) is 19.5 Å². The van der Waals surface area contributed by atoms with Crippen LogP contribution in [0.1, 0.15) is 0 Å². The van der Waals surface area contributed by atoms with Gasteiger partial charge in [0.2, 0.25) is 0 Å². The molecule has 6 nitrogen and oxygen atoms in total. The fourth-order valence-electron chi connectivity index (χ4n) is 8.43. The third kappa shape index (κ3) is 4.94. The van der Waals surface area contributed by atoms with E-state index in [0.717, 1.165) is 93.6 Å². The van der Waals surface area contributed by atoms with Gasteiger partial charge in [0.05, 0.1) is 16.7 Å². The third-order valence-corrected chi connectivity index (χ3v) is 11.1. The van der Waals surface area contributed by atoms with Gasteiger partial charge in [-0.2, -0.15) is 0 Å². The van der Waals surface area contributed by atoms with Gasteiger partial charge in [0.1, 0.15) is 16.7 Å². The van der Waals surface area contributed by atoms with Crippen molar-refractivity contribution in [3.63, 3.8) is 0 Å². The van der Waals surface area contributed by atoms with Gasteiger partial charge >= 0.3 is 0 Å². The molecule has 0 radical (unpaired) electrons. The minimum atomic E-state index is 0.564. The standard InChI is InChI=1S/C51H30N4O2/c1-3-13-31(14-4-1)33-26-28-45-41(29-33)39-20-12-23-43(48(39)57-45)55-42-22-9-7-17-35(42)38-19-11-21-40(47(38)55)51-53-49(32-15-5-2-6-16-32)52-50(54-51)34-25-27-37-36-18-8-10-24-44(36)56-46(37)30-34/h1-30H. The molecule has 0 aliphatic rings. The molecule has 0 bridgehead atoms. The van der Waals surface area contributed by atoms with Gasteiger partial charge in [-0.1, -0.05) is 133 Å². The lowest BCUT2D eigenvalue weighted by Crippen LogP contribution is -2.02. The normalized spacial score (nSPS) is 11.9. The molecule has 12 aromatic rings. The minimum Gasteiger partial charge on any atom is -0.456 e. The second-order valence-electron chi connectivity index (χ2n) is 14.4. The fraction of sp³-hybridized carbons (Fsp3) is 0. The highest BCUT2D eigenvalue weighted by Crippen LogP contribution is 2.42. The molecule has 0 aliphatic heterocycles. The molecule has 4 heterocycles. The van der Waals surface area contributed by atoms with E-state index in [-0.39, 0.29) is 0 Å². The van der Waals surface area contributed by atoms with Crippen LogP contribution in [0.3, 0.4) is 0 Å². The van der Waals surface area contributed by atoms with Gasteiger partial charge in [-0.25, -0.2) is 15.0 Å². The molecule has 0 fully saturated rings. The highest BCUT2D eigenvalue weighted by atomic mass is 16.3. The summed E-state index contributed by atoms with van der Waals surface area (Å²) in [6.45, 7) is 0. The van der Waals surface area contributed by atoms with Crippen molar-refractivity contribution in [3.8, 4) is 51.0 Å². The van der Waals surface area contributed by atoms with Crippen molar-refractivity contribution in [1.29, 1.82) is 0 Å². The first-order valence-electron chi connectivity index (χ1n) is 19.0. The van der Waals surface area contributed by atoms with E-state index in [0.29, 0.717) is 17.5 Å². The second kappa shape index (κ2) is 12.3. The van der Waals surface area contributed by atoms with Crippen LogP contribution in [-0.2, 0) is 0 Å². The van der Waals surface area contributed by atoms with Gasteiger partial charge in [-0.15, -0.1) is 0 Å². The summed E-state index contributed by atoms with van der Waals surface area (Å²) in [6, 6.07) is 62.6. The van der Waals surface area contributed by atoms with E-state index in [9.17, 15) is 0 Å². The van der Waals surface area contributed by atoms with Crippen molar-refractivity contribution < 1.29 is 8.83 Å². The first-order chi connectivity index (χ1) is 28.2. The number of aromatic nitrogens is 4. The average molecular weight is 731 g/mol. The van der Waals surface area contributed by atoms with Gasteiger partial charge in [-0.3, -0.25) is 0 Å². The number of fused-ring (bicyclic) bond motifs is 9. The summed E-state index contributed by atoms with van der Waals surface area (Å²) in [5, 5.41) is 6.48.